The third-order valence-electron chi connectivity index (χ3n) is 10.5. The van der Waals surface area contributed by atoms with Crippen molar-refractivity contribution in [2.45, 2.75) is 25.0 Å². The lowest BCUT2D eigenvalue weighted by molar-refractivity contribution is 0.165. The van der Waals surface area contributed by atoms with Crippen molar-refractivity contribution in [1.29, 1.82) is 0 Å². The SMILES string of the molecule is Cc1ccc(C2(c3ccc(-c4ccc(C5(c6ccc(C)cc6)C=Cc6c(ccc7ccccc67)O5)s4)s3)C=Cc3c(ccc4ccccc34)O2)cc1. The lowest BCUT2D eigenvalue weighted by Gasteiger charge is -2.35. The summed E-state index contributed by atoms with van der Waals surface area (Å²) in [6.45, 7) is 4.25. The van der Waals surface area contributed by atoms with Crippen LogP contribution in [-0.2, 0) is 11.2 Å². The van der Waals surface area contributed by atoms with Gasteiger partial charge in [0.05, 0.1) is 9.75 Å². The van der Waals surface area contributed by atoms with E-state index in [1.165, 1.54) is 42.4 Å². The first kappa shape index (κ1) is 31.1. The summed E-state index contributed by atoms with van der Waals surface area (Å²) >= 11 is 3.58. The standard InChI is InChI=1S/C48H34O2S2/c1-31-11-17-35(18-12-31)47(29-27-39-37-9-5-3-7-33(37)15-21-41(39)49-47)45-25-23-43(51-45)44-24-26-46(52-44)48(36-19-13-32(2)14-20-36)30-28-40-38-10-6-4-8-34(38)16-22-42(40)50-48/h3-30H,1-2H3. The summed E-state index contributed by atoms with van der Waals surface area (Å²) in [6, 6.07) is 52.1. The van der Waals surface area contributed by atoms with Gasteiger partial charge in [-0.1, -0.05) is 120 Å². The van der Waals surface area contributed by atoms with Gasteiger partial charge in [0.25, 0.3) is 0 Å². The molecule has 2 aliphatic rings. The van der Waals surface area contributed by atoms with Gasteiger partial charge in [0, 0.05) is 32.0 Å². The van der Waals surface area contributed by atoms with E-state index in [1.54, 1.807) is 22.7 Å². The summed E-state index contributed by atoms with van der Waals surface area (Å²) in [7, 11) is 0. The molecule has 4 heteroatoms. The largest absolute Gasteiger partial charge is 0.472 e. The lowest BCUT2D eigenvalue weighted by atomic mass is 9.87. The van der Waals surface area contributed by atoms with E-state index in [4.69, 9.17) is 9.47 Å². The number of hydrogen-bond donors (Lipinski definition) is 0. The summed E-state index contributed by atoms with van der Waals surface area (Å²) in [6.07, 6.45) is 9.00. The summed E-state index contributed by atoms with van der Waals surface area (Å²) in [4.78, 5) is 4.67. The molecule has 0 saturated carbocycles. The zero-order valence-corrected chi connectivity index (χ0v) is 30.4. The second kappa shape index (κ2) is 11.9. The zero-order valence-electron chi connectivity index (χ0n) is 28.8. The van der Waals surface area contributed by atoms with Crippen molar-refractivity contribution in [1.82, 2.24) is 0 Å². The van der Waals surface area contributed by atoms with E-state index in [-0.39, 0.29) is 0 Å². The molecule has 4 heterocycles. The van der Waals surface area contributed by atoms with Crippen molar-refractivity contribution in [2.24, 2.45) is 0 Å². The number of ether oxygens (including phenoxy) is 2. The topological polar surface area (TPSA) is 18.5 Å². The molecule has 0 spiro atoms. The fraction of sp³-hybridized carbons (Fsp3) is 0.0833. The first-order valence-corrected chi connectivity index (χ1v) is 19.3. The van der Waals surface area contributed by atoms with Crippen LogP contribution in [0.25, 0.3) is 43.5 Å². The van der Waals surface area contributed by atoms with Crippen LogP contribution in [0, 0.1) is 13.8 Å². The van der Waals surface area contributed by atoms with E-state index in [0.717, 1.165) is 43.5 Å². The van der Waals surface area contributed by atoms with Crippen molar-refractivity contribution in [3.63, 3.8) is 0 Å². The van der Waals surface area contributed by atoms with Crippen molar-refractivity contribution in [3.05, 3.63) is 201 Å². The van der Waals surface area contributed by atoms with Gasteiger partial charge in [-0.25, -0.2) is 0 Å². The van der Waals surface area contributed by atoms with Crippen LogP contribution in [0.2, 0.25) is 0 Å². The van der Waals surface area contributed by atoms with E-state index < -0.39 is 11.2 Å². The average molecular weight is 707 g/mol. The van der Waals surface area contributed by atoms with E-state index in [2.05, 4.69) is 184 Å². The van der Waals surface area contributed by atoms with E-state index in [9.17, 15) is 0 Å². The third kappa shape index (κ3) is 4.90. The molecule has 250 valence electrons. The smallest absolute Gasteiger partial charge is 0.187 e. The van der Waals surface area contributed by atoms with E-state index in [0.29, 0.717) is 0 Å². The Kier molecular flexibility index (Phi) is 7.14. The van der Waals surface area contributed by atoms with Crippen molar-refractivity contribution < 1.29 is 9.47 Å². The van der Waals surface area contributed by atoms with E-state index in [1.807, 2.05) is 0 Å². The van der Waals surface area contributed by atoms with Crippen LogP contribution in [0.4, 0.5) is 0 Å². The highest BCUT2D eigenvalue weighted by molar-refractivity contribution is 7.22. The molecule has 2 aliphatic heterocycles. The molecular formula is C48H34O2S2. The van der Waals surface area contributed by atoms with Gasteiger partial charge in [0.1, 0.15) is 11.5 Å². The van der Waals surface area contributed by atoms with Crippen LogP contribution < -0.4 is 9.47 Å². The Bertz CT molecular complexity index is 2520. The Hall–Kier alpha value is -5.68. The minimum Gasteiger partial charge on any atom is -0.472 e. The van der Waals surface area contributed by atoms with Crippen molar-refractivity contribution in [2.75, 3.05) is 0 Å². The summed E-state index contributed by atoms with van der Waals surface area (Å²) in [5.74, 6) is 1.79. The van der Waals surface area contributed by atoms with Gasteiger partial charge in [0.15, 0.2) is 11.2 Å². The molecule has 52 heavy (non-hydrogen) atoms. The Morgan fingerprint density at radius 1 is 0.423 bits per heavy atom. The predicted octanol–water partition coefficient (Wildman–Crippen LogP) is 13.1. The van der Waals surface area contributed by atoms with Gasteiger partial charge in [-0.2, -0.15) is 0 Å². The van der Waals surface area contributed by atoms with Crippen LogP contribution >= 0.6 is 22.7 Å². The molecule has 0 radical (unpaired) electrons. The Balaban J connectivity index is 1.06. The molecule has 6 aromatic carbocycles. The minimum atomic E-state index is -0.753. The number of fused-ring (bicyclic) bond motifs is 6. The van der Waals surface area contributed by atoms with Gasteiger partial charge in [-0.05, 0) is 96.1 Å². The first-order valence-electron chi connectivity index (χ1n) is 17.6. The van der Waals surface area contributed by atoms with Gasteiger partial charge < -0.3 is 9.47 Å². The van der Waals surface area contributed by atoms with Crippen LogP contribution in [0.1, 0.15) is 43.1 Å². The van der Waals surface area contributed by atoms with Crippen molar-refractivity contribution >= 4 is 56.4 Å². The highest BCUT2D eigenvalue weighted by Crippen LogP contribution is 2.50. The van der Waals surface area contributed by atoms with Gasteiger partial charge in [0.2, 0.25) is 0 Å². The number of rotatable bonds is 5. The first-order chi connectivity index (χ1) is 25.5. The third-order valence-corrected chi connectivity index (χ3v) is 13.1. The monoisotopic (exact) mass is 706 g/mol. The highest BCUT2D eigenvalue weighted by atomic mass is 32.1. The molecule has 0 amide bonds. The Morgan fingerprint density at radius 2 is 0.846 bits per heavy atom. The van der Waals surface area contributed by atoms with Gasteiger partial charge in [-0.3, -0.25) is 0 Å². The molecule has 0 fully saturated rings. The number of benzene rings is 6. The second-order valence-electron chi connectivity index (χ2n) is 13.8. The van der Waals surface area contributed by atoms with Gasteiger partial charge >= 0.3 is 0 Å². The van der Waals surface area contributed by atoms with Crippen molar-refractivity contribution in [3.8, 4) is 21.3 Å². The molecule has 2 unspecified atom stereocenters. The lowest BCUT2D eigenvalue weighted by Crippen LogP contribution is -2.33. The molecule has 2 nitrogen and oxygen atoms in total. The normalized spacial score (nSPS) is 18.9. The molecular weight excluding hydrogens is 673 g/mol. The maximum atomic E-state index is 7.13. The average Bonchev–Trinajstić information content (AvgIpc) is 3.90. The molecule has 2 aromatic heterocycles. The van der Waals surface area contributed by atoms with Crippen LogP contribution in [0.5, 0.6) is 11.5 Å². The maximum absolute atomic E-state index is 7.13. The maximum Gasteiger partial charge on any atom is 0.187 e. The Labute approximate surface area is 311 Å². The molecule has 0 saturated heterocycles. The number of aryl methyl sites for hydroxylation is 2. The summed E-state index contributed by atoms with van der Waals surface area (Å²) in [5.41, 5.74) is 5.40. The van der Waals surface area contributed by atoms with Crippen LogP contribution in [0.15, 0.2) is 158 Å². The molecule has 0 aliphatic carbocycles. The van der Waals surface area contributed by atoms with Gasteiger partial charge in [-0.15, -0.1) is 22.7 Å². The Morgan fingerprint density at radius 3 is 1.29 bits per heavy atom. The summed E-state index contributed by atoms with van der Waals surface area (Å²) in [5, 5.41) is 4.82. The molecule has 10 rings (SSSR count). The highest BCUT2D eigenvalue weighted by Gasteiger charge is 2.41. The zero-order chi connectivity index (χ0) is 34.9. The van der Waals surface area contributed by atoms with E-state index >= 15 is 0 Å². The minimum absolute atomic E-state index is 0.753. The second-order valence-corrected chi connectivity index (χ2v) is 16.0. The number of hydrogen-bond acceptors (Lipinski definition) is 4. The molecule has 0 N–H and O–H groups in total. The number of thiophene rings is 2. The van der Waals surface area contributed by atoms with Crippen LogP contribution in [-0.4, -0.2) is 0 Å². The molecule has 0 bridgehead atoms. The quantitative estimate of drug-likeness (QED) is 0.177. The molecule has 8 aromatic rings. The fourth-order valence-electron chi connectivity index (χ4n) is 7.69. The predicted molar refractivity (Wildman–Crippen MR) is 219 cm³/mol. The molecule has 2 atom stereocenters. The summed E-state index contributed by atoms with van der Waals surface area (Å²) < 4.78 is 14.3. The fourth-order valence-corrected chi connectivity index (χ4v) is 10.1. The van der Waals surface area contributed by atoms with Crippen LogP contribution in [0.3, 0.4) is 0 Å².